The third-order valence-electron chi connectivity index (χ3n) is 5.62. The number of hydrogen-bond acceptors (Lipinski definition) is 7. The van der Waals surface area contributed by atoms with Crippen molar-refractivity contribution in [3.63, 3.8) is 0 Å². The molecule has 4 aromatic heterocycles. The van der Waals surface area contributed by atoms with Gasteiger partial charge in [-0.05, 0) is 31.2 Å². The minimum atomic E-state index is -4.87. The fraction of sp³-hybridized carbons (Fsp3) is 0.115. The first kappa shape index (κ1) is 25.4. The molecule has 10 nitrogen and oxygen atoms in total. The van der Waals surface area contributed by atoms with Gasteiger partial charge < -0.3 is 19.9 Å². The molecule has 0 aliphatic carbocycles. The molecule has 0 saturated heterocycles. The van der Waals surface area contributed by atoms with E-state index in [0.717, 1.165) is 23.3 Å². The largest absolute Gasteiger partial charge is 0.573 e. The van der Waals surface area contributed by atoms with E-state index in [4.69, 9.17) is 4.52 Å². The van der Waals surface area contributed by atoms with Crippen molar-refractivity contribution in [2.45, 2.75) is 19.3 Å². The van der Waals surface area contributed by atoms with E-state index in [2.05, 4.69) is 30.6 Å². The summed E-state index contributed by atoms with van der Waals surface area (Å²) in [4.78, 5) is 29.6. The van der Waals surface area contributed by atoms with E-state index in [1.54, 1.807) is 36.1 Å². The van der Waals surface area contributed by atoms with Crippen molar-refractivity contribution >= 4 is 23.0 Å². The number of alkyl halides is 3. The van der Waals surface area contributed by atoms with Gasteiger partial charge in [-0.25, -0.2) is 4.52 Å². The first-order chi connectivity index (χ1) is 18.7. The average molecular weight is 536 g/mol. The summed E-state index contributed by atoms with van der Waals surface area (Å²) < 4.78 is 47.9. The fourth-order valence-electron chi connectivity index (χ4n) is 3.78. The summed E-state index contributed by atoms with van der Waals surface area (Å²) in [5.41, 5.74) is 3.03. The molecule has 0 bridgehead atoms. The topological polar surface area (TPSA) is 124 Å². The van der Waals surface area contributed by atoms with E-state index in [1.807, 2.05) is 18.2 Å². The fourth-order valence-corrected chi connectivity index (χ4v) is 3.78. The van der Waals surface area contributed by atoms with Gasteiger partial charge in [0.25, 0.3) is 11.8 Å². The Morgan fingerprint density at radius 2 is 1.87 bits per heavy atom. The van der Waals surface area contributed by atoms with Crippen LogP contribution >= 0.6 is 0 Å². The second-order valence-corrected chi connectivity index (χ2v) is 8.39. The Kier molecular flexibility index (Phi) is 6.71. The minimum Gasteiger partial charge on any atom is -0.406 e. The van der Waals surface area contributed by atoms with Gasteiger partial charge in [0.1, 0.15) is 11.4 Å². The third-order valence-corrected chi connectivity index (χ3v) is 5.62. The lowest BCUT2D eigenvalue weighted by Gasteiger charge is -2.10. The molecule has 0 radical (unpaired) electrons. The van der Waals surface area contributed by atoms with Gasteiger partial charge in [-0.15, -0.1) is 13.2 Å². The van der Waals surface area contributed by atoms with Crippen LogP contribution in [0.25, 0.3) is 16.6 Å². The molecular weight excluding hydrogens is 517 g/mol. The molecule has 39 heavy (non-hydrogen) atoms. The minimum absolute atomic E-state index is 0.0563. The van der Waals surface area contributed by atoms with Crippen LogP contribution in [0.3, 0.4) is 0 Å². The summed E-state index contributed by atoms with van der Waals surface area (Å²) in [6.07, 6.45) is 1.78. The number of aromatic nitrogens is 4. The number of fused-ring (bicyclic) bond motifs is 1. The maximum Gasteiger partial charge on any atom is 0.573 e. The molecule has 0 fully saturated rings. The van der Waals surface area contributed by atoms with E-state index in [9.17, 15) is 22.8 Å². The SMILES string of the molecule is C[C@@H](NC(=O)c1cnn2cc(-c3cccnc3)ccc12)c1cc(C(=O)Nc2cccc(OC(F)(F)F)c2)on1. The number of pyridine rings is 2. The summed E-state index contributed by atoms with van der Waals surface area (Å²) in [6.45, 7) is 1.65. The lowest BCUT2D eigenvalue weighted by molar-refractivity contribution is -0.274. The van der Waals surface area contributed by atoms with Crippen molar-refractivity contribution < 1.29 is 32.0 Å². The Balaban J connectivity index is 1.24. The molecule has 198 valence electrons. The van der Waals surface area contributed by atoms with Gasteiger partial charge in [0.05, 0.1) is 23.3 Å². The molecule has 13 heteroatoms. The lowest BCUT2D eigenvalue weighted by atomic mass is 10.1. The number of ether oxygens (including phenoxy) is 1. The van der Waals surface area contributed by atoms with Crippen LogP contribution in [0.4, 0.5) is 18.9 Å². The number of halogens is 3. The third kappa shape index (κ3) is 5.87. The molecule has 0 spiro atoms. The molecule has 1 atom stereocenters. The van der Waals surface area contributed by atoms with Crippen LogP contribution in [0.1, 0.15) is 39.6 Å². The molecule has 0 unspecified atom stereocenters. The van der Waals surface area contributed by atoms with Crippen molar-refractivity contribution in [1.29, 1.82) is 0 Å². The Bertz CT molecular complexity index is 1650. The Labute approximate surface area is 218 Å². The number of carbonyl (C=O) groups is 2. The van der Waals surface area contributed by atoms with Crippen molar-refractivity contribution in [2.24, 2.45) is 0 Å². The average Bonchev–Trinajstić information content (AvgIpc) is 3.56. The van der Waals surface area contributed by atoms with Gasteiger partial charge >= 0.3 is 6.36 Å². The van der Waals surface area contributed by atoms with Crippen LogP contribution in [0, 0.1) is 0 Å². The lowest BCUT2D eigenvalue weighted by Crippen LogP contribution is -2.26. The monoisotopic (exact) mass is 536 g/mol. The smallest absolute Gasteiger partial charge is 0.406 e. The van der Waals surface area contributed by atoms with Crippen LogP contribution < -0.4 is 15.4 Å². The number of amides is 2. The first-order valence-electron chi connectivity index (χ1n) is 11.5. The van der Waals surface area contributed by atoms with E-state index >= 15 is 0 Å². The van der Waals surface area contributed by atoms with E-state index in [1.165, 1.54) is 24.4 Å². The van der Waals surface area contributed by atoms with Crippen molar-refractivity contribution in [3.8, 4) is 16.9 Å². The summed E-state index contributed by atoms with van der Waals surface area (Å²) in [5, 5.41) is 13.3. The number of nitrogens with zero attached hydrogens (tertiary/aromatic N) is 4. The van der Waals surface area contributed by atoms with Gasteiger partial charge in [-0.2, -0.15) is 5.10 Å². The van der Waals surface area contributed by atoms with Crippen LogP contribution in [-0.4, -0.2) is 37.9 Å². The van der Waals surface area contributed by atoms with E-state index in [-0.39, 0.29) is 17.1 Å². The molecule has 4 heterocycles. The number of hydrogen-bond donors (Lipinski definition) is 2. The van der Waals surface area contributed by atoms with Crippen LogP contribution in [-0.2, 0) is 0 Å². The highest BCUT2D eigenvalue weighted by Crippen LogP contribution is 2.26. The molecule has 0 aliphatic rings. The van der Waals surface area contributed by atoms with Gasteiger partial charge in [-0.3, -0.25) is 14.6 Å². The van der Waals surface area contributed by atoms with Gasteiger partial charge in [-0.1, -0.05) is 23.4 Å². The zero-order valence-corrected chi connectivity index (χ0v) is 20.1. The van der Waals surface area contributed by atoms with E-state index in [0.29, 0.717) is 11.1 Å². The second kappa shape index (κ2) is 10.3. The molecule has 5 aromatic rings. The first-order valence-corrected chi connectivity index (χ1v) is 11.5. The number of rotatable bonds is 7. The van der Waals surface area contributed by atoms with Gasteiger partial charge in [0.2, 0.25) is 5.76 Å². The van der Waals surface area contributed by atoms with Crippen molar-refractivity contribution in [3.05, 3.63) is 96.4 Å². The molecular formula is C26H19F3N6O4. The van der Waals surface area contributed by atoms with Gasteiger partial charge in [0, 0.05) is 47.5 Å². The number of anilines is 1. The predicted molar refractivity (Wildman–Crippen MR) is 132 cm³/mol. The molecule has 0 saturated carbocycles. The zero-order chi connectivity index (χ0) is 27.6. The van der Waals surface area contributed by atoms with E-state index < -0.39 is 30.0 Å². The highest BCUT2D eigenvalue weighted by atomic mass is 19.4. The standard InChI is InChI=1S/C26H19F3N6O4/c1-15(21-11-23(39-34-21)25(37)33-18-5-2-6-19(10-18)38-26(27,28)29)32-24(36)20-13-31-35-14-17(7-8-22(20)35)16-4-3-9-30-12-16/h2-15H,1H3,(H,32,36)(H,33,37)/t15-/m1/s1. The van der Waals surface area contributed by atoms with Crippen molar-refractivity contribution in [2.75, 3.05) is 5.32 Å². The maximum atomic E-state index is 13.0. The Morgan fingerprint density at radius 3 is 2.64 bits per heavy atom. The second-order valence-electron chi connectivity index (χ2n) is 8.39. The molecule has 5 rings (SSSR count). The van der Waals surface area contributed by atoms with Crippen LogP contribution in [0.5, 0.6) is 5.75 Å². The van der Waals surface area contributed by atoms with Crippen LogP contribution in [0.15, 0.2) is 83.9 Å². The number of carbonyl (C=O) groups excluding carboxylic acids is 2. The highest BCUT2D eigenvalue weighted by molar-refractivity contribution is 6.02. The normalized spacial score (nSPS) is 12.2. The molecule has 0 aliphatic heterocycles. The summed E-state index contributed by atoms with van der Waals surface area (Å²) in [5.74, 6) is -1.85. The number of nitrogens with one attached hydrogen (secondary N) is 2. The molecule has 2 amide bonds. The number of benzene rings is 1. The quantitative estimate of drug-likeness (QED) is 0.299. The Morgan fingerprint density at radius 1 is 1.03 bits per heavy atom. The Hall–Kier alpha value is -5.20. The predicted octanol–water partition coefficient (Wildman–Crippen LogP) is 5.03. The van der Waals surface area contributed by atoms with Crippen LogP contribution in [0.2, 0.25) is 0 Å². The summed E-state index contributed by atoms with van der Waals surface area (Å²) in [6, 6.07) is 12.9. The maximum absolute atomic E-state index is 13.0. The summed E-state index contributed by atoms with van der Waals surface area (Å²) in [7, 11) is 0. The molecule has 2 N–H and O–H groups in total. The molecule has 1 aromatic carbocycles. The van der Waals surface area contributed by atoms with Crippen molar-refractivity contribution in [1.82, 2.24) is 25.1 Å². The van der Waals surface area contributed by atoms with Gasteiger partial charge in [0.15, 0.2) is 0 Å². The zero-order valence-electron chi connectivity index (χ0n) is 20.1. The summed E-state index contributed by atoms with van der Waals surface area (Å²) >= 11 is 0. The highest BCUT2D eigenvalue weighted by Gasteiger charge is 2.31.